The molecule has 0 radical (unpaired) electrons. The van der Waals surface area contributed by atoms with Gasteiger partial charge in [-0.25, -0.2) is 0 Å². The molecule has 0 aliphatic rings. The molecule has 2 rings (SSSR count). The van der Waals surface area contributed by atoms with Gasteiger partial charge in [-0.05, 0) is 43.0 Å². The van der Waals surface area contributed by atoms with Gasteiger partial charge in [-0.15, -0.1) is 11.3 Å². The summed E-state index contributed by atoms with van der Waals surface area (Å²) < 4.78 is 0. The van der Waals surface area contributed by atoms with Crippen molar-refractivity contribution in [1.82, 2.24) is 10.6 Å². The third-order valence-corrected chi connectivity index (χ3v) is 4.53. The van der Waals surface area contributed by atoms with E-state index in [9.17, 15) is 0 Å². The highest BCUT2D eigenvalue weighted by molar-refractivity contribution is 7.09. The Labute approximate surface area is 143 Å². The molecule has 2 aromatic rings. The molecule has 1 aromatic heterocycles. The minimum atomic E-state index is 0.812. The average Bonchev–Trinajstić information content (AvgIpc) is 3.08. The molecule has 2 N–H and O–H groups in total. The molecule has 0 atom stereocenters. The van der Waals surface area contributed by atoms with Crippen LogP contribution in [0.3, 0.4) is 0 Å². The van der Waals surface area contributed by atoms with E-state index >= 15 is 0 Å². The molecule has 124 valence electrons. The summed E-state index contributed by atoms with van der Waals surface area (Å²) in [5.41, 5.74) is 2.57. The van der Waals surface area contributed by atoms with E-state index in [1.165, 1.54) is 16.1 Å². The zero-order chi connectivity index (χ0) is 16.5. The Morgan fingerprint density at radius 1 is 1.22 bits per heavy atom. The third-order valence-electron chi connectivity index (χ3n) is 3.66. The molecule has 0 aliphatic heterocycles. The second-order valence-electron chi connectivity index (χ2n) is 5.35. The van der Waals surface area contributed by atoms with Crippen molar-refractivity contribution < 1.29 is 0 Å². The highest BCUT2D eigenvalue weighted by atomic mass is 32.1. The summed E-state index contributed by atoms with van der Waals surface area (Å²) in [7, 11) is 1.81. The third kappa shape index (κ3) is 5.60. The van der Waals surface area contributed by atoms with E-state index in [2.05, 4.69) is 76.2 Å². The standard InChI is InChI=1S/C18H26N4S/c1-4-22(16-8-5-7-15(2)13-16)11-10-20-18(19-3)21-14-17-9-6-12-23-17/h5-9,12-13H,4,10-11,14H2,1-3H3,(H2,19,20,21). The van der Waals surface area contributed by atoms with Gasteiger partial charge in [0.1, 0.15) is 0 Å². The fourth-order valence-electron chi connectivity index (χ4n) is 2.41. The SMILES string of the molecule is CCN(CCNC(=NC)NCc1cccs1)c1cccc(C)c1. The molecular formula is C18H26N4S. The first-order chi connectivity index (χ1) is 11.2. The molecule has 0 unspecified atom stereocenters. The van der Waals surface area contributed by atoms with E-state index in [0.29, 0.717) is 0 Å². The van der Waals surface area contributed by atoms with Crippen molar-refractivity contribution in [2.75, 3.05) is 31.6 Å². The van der Waals surface area contributed by atoms with Gasteiger partial charge in [-0.1, -0.05) is 18.2 Å². The Morgan fingerprint density at radius 2 is 2.09 bits per heavy atom. The van der Waals surface area contributed by atoms with Crippen molar-refractivity contribution in [3.05, 3.63) is 52.2 Å². The Hall–Kier alpha value is -2.01. The van der Waals surface area contributed by atoms with Gasteiger partial charge in [-0.3, -0.25) is 4.99 Å². The predicted molar refractivity (Wildman–Crippen MR) is 102 cm³/mol. The maximum atomic E-state index is 4.28. The van der Waals surface area contributed by atoms with Crippen LogP contribution in [0.4, 0.5) is 5.69 Å². The molecular weight excluding hydrogens is 304 g/mol. The summed E-state index contributed by atoms with van der Waals surface area (Å²) in [4.78, 5) is 7.95. The summed E-state index contributed by atoms with van der Waals surface area (Å²) in [5.74, 6) is 0.846. The molecule has 0 saturated heterocycles. The molecule has 0 fully saturated rings. The number of rotatable bonds is 7. The lowest BCUT2D eigenvalue weighted by atomic mass is 10.2. The molecule has 1 heterocycles. The van der Waals surface area contributed by atoms with Crippen molar-refractivity contribution in [3.63, 3.8) is 0 Å². The second kappa shape index (κ2) is 9.20. The van der Waals surface area contributed by atoms with Gasteiger partial charge in [0, 0.05) is 37.2 Å². The Balaban J connectivity index is 1.79. The number of nitrogens with one attached hydrogen (secondary N) is 2. The van der Waals surface area contributed by atoms with Crippen molar-refractivity contribution in [2.45, 2.75) is 20.4 Å². The second-order valence-corrected chi connectivity index (χ2v) is 6.38. The summed E-state index contributed by atoms with van der Waals surface area (Å²) in [5, 5.41) is 8.82. The van der Waals surface area contributed by atoms with E-state index in [1.54, 1.807) is 11.3 Å². The number of aliphatic imine (C=N–C) groups is 1. The minimum Gasteiger partial charge on any atom is -0.370 e. The average molecular weight is 331 g/mol. The first-order valence-corrected chi connectivity index (χ1v) is 8.89. The number of thiophene rings is 1. The van der Waals surface area contributed by atoms with E-state index in [1.807, 2.05) is 7.05 Å². The highest BCUT2D eigenvalue weighted by Crippen LogP contribution is 2.14. The predicted octanol–water partition coefficient (Wildman–Crippen LogP) is 3.25. The van der Waals surface area contributed by atoms with Crippen LogP contribution in [-0.2, 0) is 6.54 Å². The largest absolute Gasteiger partial charge is 0.370 e. The minimum absolute atomic E-state index is 0.812. The van der Waals surface area contributed by atoms with Crippen LogP contribution in [0.5, 0.6) is 0 Å². The summed E-state index contributed by atoms with van der Waals surface area (Å²) in [6, 6.07) is 12.8. The fraction of sp³-hybridized carbons (Fsp3) is 0.389. The maximum absolute atomic E-state index is 4.28. The highest BCUT2D eigenvalue weighted by Gasteiger charge is 2.05. The van der Waals surface area contributed by atoms with Crippen LogP contribution >= 0.6 is 11.3 Å². The van der Waals surface area contributed by atoms with Gasteiger partial charge >= 0.3 is 0 Å². The lowest BCUT2D eigenvalue weighted by Crippen LogP contribution is -2.41. The van der Waals surface area contributed by atoms with Crippen molar-refractivity contribution in [3.8, 4) is 0 Å². The number of likely N-dealkylation sites (N-methyl/N-ethyl adjacent to an activating group) is 1. The Bertz CT molecular complexity index is 607. The van der Waals surface area contributed by atoms with Crippen LogP contribution in [-0.4, -0.2) is 32.6 Å². The lowest BCUT2D eigenvalue weighted by molar-refractivity contribution is 0.751. The van der Waals surface area contributed by atoms with Crippen LogP contribution in [0.15, 0.2) is 46.8 Å². The van der Waals surface area contributed by atoms with Crippen LogP contribution in [0.1, 0.15) is 17.4 Å². The van der Waals surface area contributed by atoms with Crippen molar-refractivity contribution >= 4 is 23.0 Å². The quantitative estimate of drug-likeness (QED) is 0.605. The number of benzene rings is 1. The molecule has 0 aliphatic carbocycles. The Kier molecular flexibility index (Phi) is 6.94. The van der Waals surface area contributed by atoms with Crippen molar-refractivity contribution in [1.29, 1.82) is 0 Å². The van der Waals surface area contributed by atoms with Gasteiger partial charge in [-0.2, -0.15) is 0 Å². The lowest BCUT2D eigenvalue weighted by Gasteiger charge is -2.24. The number of hydrogen-bond acceptors (Lipinski definition) is 3. The molecule has 23 heavy (non-hydrogen) atoms. The fourth-order valence-corrected chi connectivity index (χ4v) is 3.05. The van der Waals surface area contributed by atoms with Crippen LogP contribution in [0, 0.1) is 6.92 Å². The zero-order valence-electron chi connectivity index (χ0n) is 14.2. The molecule has 0 amide bonds. The first-order valence-electron chi connectivity index (χ1n) is 8.01. The monoisotopic (exact) mass is 330 g/mol. The molecule has 1 aromatic carbocycles. The van der Waals surface area contributed by atoms with Gasteiger partial charge < -0.3 is 15.5 Å². The zero-order valence-corrected chi connectivity index (χ0v) is 15.0. The molecule has 0 bridgehead atoms. The van der Waals surface area contributed by atoms with E-state index in [4.69, 9.17) is 0 Å². The van der Waals surface area contributed by atoms with Crippen LogP contribution < -0.4 is 15.5 Å². The number of guanidine groups is 1. The maximum Gasteiger partial charge on any atom is 0.191 e. The van der Waals surface area contributed by atoms with Gasteiger partial charge in [0.25, 0.3) is 0 Å². The summed E-state index contributed by atoms with van der Waals surface area (Å²) >= 11 is 1.75. The Morgan fingerprint density at radius 3 is 2.74 bits per heavy atom. The van der Waals surface area contributed by atoms with Crippen molar-refractivity contribution in [2.24, 2.45) is 4.99 Å². The van der Waals surface area contributed by atoms with Gasteiger partial charge in [0.2, 0.25) is 0 Å². The molecule has 5 heteroatoms. The number of anilines is 1. The summed E-state index contributed by atoms with van der Waals surface area (Å²) in [6.45, 7) is 7.92. The topological polar surface area (TPSA) is 39.7 Å². The van der Waals surface area contributed by atoms with E-state index in [-0.39, 0.29) is 0 Å². The van der Waals surface area contributed by atoms with Crippen LogP contribution in [0.2, 0.25) is 0 Å². The number of hydrogen-bond donors (Lipinski definition) is 2. The first kappa shape index (κ1) is 17.3. The van der Waals surface area contributed by atoms with E-state index in [0.717, 1.165) is 32.1 Å². The van der Waals surface area contributed by atoms with Crippen LogP contribution in [0.25, 0.3) is 0 Å². The summed E-state index contributed by atoms with van der Waals surface area (Å²) in [6.07, 6.45) is 0. The molecule has 4 nitrogen and oxygen atoms in total. The number of nitrogens with zero attached hydrogens (tertiary/aromatic N) is 2. The normalized spacial score (nSPS) is 11.3. The molecule has 0 saturated carbocycles. The van der Waals surface area contributed by atoms with E-state index < -0.39 is 0 Å². The smallest absolute Gasteiger partial charge is 0.191 e. The molecule has 0 spiro atoms. The number of aryl methyl sites for hydroxylation is 1. The van der Waals surface area contributed by atoms with Gasteiger partial charge in [0.15, 0.2) is 5.96 Å². The van der Waals surface area contributed by atoms with Gasteiger partial charge in [0.05, 0.1) is 6.54 Å².